The number of thioether (sulfide) groups is 1. The monoisotopic (exact) mass is 655 g/mol. The van der Waals surface area contributed by atoms with E-state index in [1.807, 2.05) is 19.1 Å². The van der Waals surface area contributed by atoms with Gasteiger partial charge in [0.15, 0.2) is 6.10 Å². The molecule has 4 aromatic rings. The molecular weight excluding hydrogens is 628 g/mol. The molecule has 0 aliphatic rings. The number of aromatic nitrogens is 1. The van der Waals surface area contributed by atoms with E-state index >= 15 is 0 Å². The summed E-state index contributed by atoms with van der Waals surface area (Å²) >= 11 is 2.84. The van der Waals surface area contributed by atoms with E-state index in [0.717, 1.165) is 27.5 Å². The quantitative estimate of drug-likeness (QED) is 0.0913. The molecule has 1 aromatic heterocycles. The molecule has 44 heavy (non-hydrogen) atoms. The Morgan fingerprint density at radius 3 is 2.25 bits per heavy atom. The summed E-state index contributed by atoms with van der Waals surface area (Å²) in [7, 11) is 0. The number of esters is 1. The molecule has 0 saturated heterocycles. The van der Waals surface area contributed by atoms with Gasteiger partial charge < -0.3 is 14.2 Å². The summed E-state index contributed by atoms with van der Waals surface area (Å²) in [6.07, 6.45) is -9.76. The number of nitrogens with zero attached hydrogens (tertiary/aromatic N) is 1. The van der Waals surface area contributed by atoms with Crippen molar-refractivity contribution >= 4 is 29.1 Å². The largest absolute Gasteiger partial charge is 0.573 e. The molecule has 0 saturated carbocycles. The fraction of sp³-hybridized carbons (Fsp3) is 0.290. The van der Waals surface area contributed by atoms with Crippen molar-refractivity contribution in [3.05, 3.63) is 94.0 Å². The van der Waals surface area contributed by atoms with E-state index in [1.54, 1.807) is 19.9 Å². The van der Waals surface area contributed by atoms with Gasteiger partial charge in [-0.15, -0.1) is 36.3 Å². The number of alkyl halides is 6. The predicted octanol–water partition coefficient (Wildman–Crippen LogP) is 9.25. The van der Waals surface area contributed by atoms with Gasteiger partial charge in [0.25, 0.3) is 0 Å². The molecule has 0 fully saturated rings. The highest BCUT2D eigenvalue weighted by Crippen LogP contribution is 2.37. The Morgan fingerprint density at radius 2 is 1.66 bits per heavy atom. The van der Waals surface area contributed by atoms with Crippen LogP contribution >= 0.6 is 23.1 Å². The molecule has 5 nitrogen and oxygen atoms in total. The van der Waals surface area contributed by atoms with E-state index in [-0.39, 0.29) is 18.8 Å². The zero-order valence-corrected chi connectivity index (χ0v) is 25.3. The van der Waals surface area contributed by atoms with Crippen LogP contribution in [-0.2, 0) is 27.9 Å². The van der Waals surface area contributed by atoms with Gasteiger partial charge in [0, 0.05) is 27.5 Å². The van der Waals surface area contributed by atoms with Gasteiger partial charge in [0.05, 0.1) is 17.9 Å². The lowest BCUT2D eigenvalue weighted by molar-refractivity contribution is -0.274. The SMILES string of the molecule is CCOC(=O)C(C)Oc1ccc(SCc2sc(-c3ccc(C(F)(F)F)cc3)nc2Cc2ccc(OC(F)(F)F)cc2)cc1C. The third kappa shape index (κ3) is 9.15. The van der Waals surface area contributed by atoms with Crippen LogP contribution in [0.15, 0.2) is 71.6 Å². The maximum Gasteiger partial charge on any atom is 0.573 e. The second kappa shape index (κ2) is 13.9. The van der Waals surface area contributed by atoms with Crippen LogP contribution in [0.2, 0.25) is 0 Å². The van der Waals surface area contributed by atoms with Crippen LogP contribution in [0.1, 0.15) is 41.1 Å². The van der Waals surface area contributed by atoms with E-state index in [2.05, 4.69) is 4.74 Å². The standard InChI is InChI=1S/C31H27F6NO4S2/c1-4-40-29(39)19(3)41-26-14-13-24(15-18(26)2)43-17-27-25(16-20-5-11-23(12-6-20)42-31(35,36)37)38-28(44-27)21-7-9-22(10-8-21)30(32,33)34/h5-15,19H,4,16-17H2,1-3H3. The Kier molecular flexibility index (Phi) is 10.5. The van der Waals surface area contributed by atoms with Gasteiger partial charge in [-0.3, -0.25) is 0 Å². The van der Waals surface area contributed by atoms with Crippen LogP contribution in [0.25, 0.3) is 10.6 Å². The smallest absolute Gasteiger partial charge is 0.479 e. The summed E-state index contributed by atoms with van der Waals surface area (Å²) in [5.41, 5.74) is 1.89. The van der Waals surface area contributed by atoms with Crippen molar-refractivity contribution in [3.8, 4) is 22.1 Å². The first-order valence-corrected chi connectivity index (χ1v) is 15.1. The Bertz CT molecular complexity index is 1570. The molecule has 1 unspecified atom stereocenters. The summed E-state index contributed by atoms with van der Waals surface area (Å²) in [4.78, 5) is 18.4. The van der Waals surface area contributed by atoms with Crippen LogP contribution in [0.5, 0.6) is 11.5 Å². The maximum absolute atomic E-state index is 13.1. The summed E-state index contributed by atoms with van der Waals surface area (Å²) in [5.74, 6) is 0.201. The molecule has 13 heteroatoms. The summed E-state index contributed by atoms with van der Waals surface area (Å²) in [6, 6.07) is 15.7. The third-order valence-corrected chi connectivity index (χ3v) is 8.55. The first-order chi connectivity index (χ1) is 20.7. The molecule has 0 N–H and O–H groups in total. The molecule has 0 spiro atoms. The van der Waals surface area contributed by atoms with Gasteiger partial charge in [-0.1, -0.05) is 24.3 Å². The van der Waals surface area contributed by atoms with Gasteiger partial charge in [0.2, 0.25) is 0 Å². The Labute approximate surface area is 258 Å². The normalized spacial score (nSPS) is 12.6. The number of thiazole rings is 1. The second-order valence-corrected chi connectivity index (χ2v) is 11.7. The lowest BCUT2D eigenvalue weighted by atomic mass is 10.1. The van der Waals surface area contributed by atoms with Gasteiger partial charge in [-0.2, -0.15) is 13.2 Å². The number of hydrogen-bond donors (Lipinski definition) is 0. The lowest BCUT2D eigenvalue weighted by Gasteiger charge is -2.15. The average Bonchev–Trinajstić information content (AvgIpc) is 3.35. The van der Waals surface area contributed by atoms with Crippen molar-refractivity contribution in [2.45, 2.75) is 56.5 Å². The highest BCUT2D eigenvalue weighted by Gasteiger charge is 2.31. The van der Waals surface area contributed by atoms with Gasteiger partial charge >= 0.3 is 18.5 Å². The van der Waals surface area contributed by atoms with Crippen LogP contribution in [0.3, 0.4) is 0 Å². The zero-order chi connectivity index (χ0) is 32.1. The third-order valence-electron chi connectivity index (χ3n) is 6.20. The summed E-state index contributed by atoms with van der Waals surface area (Å²) in [6.45, 7) is 5.42. The fourth-order valence-corrected chi connectivity index (χ4v) is 6.23. The lowest BCUT2D eigenvalue weighted by Crippen LogP contribution is -2.26. The van der Waals surface area contributed by atoms with Crippen LogP contribution in [0, 0.1) is 6.92 Å². The molecule has 3 aromatic carbocycles. The van der Waals surface area contributed by atoms with Gasteiger partial charge in [0.1, 0.15) is 16.5 Å². The van der Waals surface area contributed by atoms with Crippen molar-refractivity contribution in [3.63, 3.8) is 0 Å². The molecule has 0 radical (unpaired) electrons. The maximum atomic E-state index is 13.1. The number of carbonyl (C=O) groups is 1. The molecule has 4 rings (SSSR count). The number of ether oxygens (including phenoxy) is 3. The molecule has 0 amide bonds. The van der Waals surface area contributed by atoms with E-state index in [1.165, 1.54) is 59.5 Å². The minimum Gasteiger partial charge on any atom is -0.479 e. The Morgan fingerprint density at radius 1 is 0.977 bits per heavy atom. The number of hydrogen-bond acceptors (Lipinski definition) is 7. The molecule has 0 bridgehead atoms. The zero-order valence-electron chi connectivity index (χ0n) is 23.7. The number of aryl methyl sites for hydroxylation is 1. The van der Waals surface area contributed by atoms with Crippen molar-refractivity contribution in [2.24, 2.45) is 0 Å². The molecule has 234 valence electrons. The Balaban J connectivity index is 1.55. The summed E-state index contributed by atoms with van der Waals surface area (Å²) < 4.78 is 91.6. The van der Waals surface area contributed by atoms with Gasteiger partial charge in [-0.05, 0) is 74.4 Å². The van der Waals surface area contributed by atoms with Gasteiger partial charge in [-0.25, -0.2) is 9.78 Å². The minimum atomic E-state index is -4.81. The number of carbonyl (C=O) groups excluding carboxylic acids is 1. The highest BCUT2D eigenvalue weighted by atomic mass is 32.2. The van der Waals surface area contributed by atoms with E-state index in [9.17, 15) is 31.1 Å². The Hall–Kier alpha value is -3.71. The van der Waals surface area contributed by atoms with E-state index in [0.29, 0.717) is 33.3 Å². The summed E-state index contributed by atoms with van der Waals surface area (Å²) in [5, 5.41) is 0.522. The fourth-order valence-electron chi connectivity index (χ4n) is 4.05. The van der Waals surface area contributed by atoms with Crippen LogP contribution in [-0.4, -0.2) is 30.0 Å². The molecule has 0 aliphatic carbocycles. The molecule has 0 aliphatic heterocycles. The predicted molar refractivity (Wildman–Crippen MR) is 156 cm³/mol. The van der Waals surface area contributed by atoms with E-state index < -0.39 is 30.2 Å². The van der Waals surface area contributed by atoms with Crippen molar-refractivity contribution in [2.75, 3.05) is 6.61 Å². The number of benzene rings is 3. The van der Waals surface area contributed by atoms with Crippen molar-refractivity contribution in [1.82, 2.24) is 4.98 Å². The molecule has 1 heterocycles. The highest BCUT2D eigenvalue weighted by molar-refractivity contribution is 7.98. The molecule has 1 atom stereocenters. The van der Waals surface area contributed by atoms with Crippen molar-refractivity contribution in [1.29, 1.82) is 0 Å². The van der Waals surface area contributed by atoms with Crippen molar-refractivity contribution < 1.29 is 45.3 Å². The second-order valence-electron chi connectivity index (χ2n) is 9.56. The van der Waals surface area contributed by atoms with Crippen LogP contribution in [0.4, 0.5) is 26.3 Å². The minimum absolute atomic E-state index is 0.249. The number of rotatable bonds is 11. The van der Waals surface area contributed by atoms with Crippen LogP contribution < -0.4 is 9.47 Å². The number of halogens is 6. The van der Waals surface area contributed by atoms with E-state index in [4.69, 9.17) is 14.5 Å². The first-order valence-electron chi connectivity index (χ1n) is 13.3. The molecular formula is C31H27F6NO4S2. The topological polar surface area (TPSA) is 57.7 Å². The average molecular weight is 656 g/mol. The first kappa shape index (κ1) is 33.2.